The average Bonchev–Trinajstić information content (AvgIpc) is 2.53. The van der Waals surface area contributed by atoms with Crippen molar-refractivity contribution in [1.82, 2.24) is 10.2 Å². The van der Waals surface area contributed by atoms with Crippen molar-refractivity contribution < 1.29 is 14.3 Å². The largest absolute Gasteiger partial charge is 0.377 e. The zero-order chi connectivity index (χ0) is 16.7. The van der Waals surface area contributed by atoms with Crippen LogP contribution in [0.2, 0.25) is 0 Å². The second kappa shape index (κ2) is 8.31. The molecule has 1 aliphatic heterocycles. The summed E-state index contributed by atoms with van der Waals surface area (Å²) in [7, 11) is 0. The molecule has 5 heteroatoms. The normalized spacial score (nSPS) is 17.1. The van der Waals surface area contributed by atoms with E-state index in [4.69, 9.17) is 9.47 Å². The van der Waals surface area contributed by atoms with Crippen molar-refractivity contribution in [2.45, 2.75) is 45.9 Å². The van der Waals surface area contributed by atoms with E-state index in [1.165, 1.54) is 0 Å². The molecule has 0 aliphatic carbocycles. The minimum atomic E-state index is -0.276. The van der Waals surface area contributed by atoms with Crippen LogP contribution < -0.4 is 5.32 Å². The number of hydrogen-bond donors (Lipinski definition) is 1. The molecule has 0 saturated carbocycles. The van der Waals surface area contributed by atoms with E-state index in [9.17, 15) is 4.79 Å². The fraction of sp³-hybridized carbons (Fsp3) is 0.611. The second-order valence-corrected chi connectivity index (χ2v) is 6.51. The van der Waals surface area contributed by atoms with Crippen molar-refractivity contribution in [2.24, 2.45) is 0 Å². The maximum absolute atomic E-state index is 12.4. The van der Waals surface area contributed by atoms with Gasteiger partial charge in [0.2, 0.25) is 0 Å². The number of carbonyl (C=O) groups excluding carboxylic acids is 1. The number of morpholine rings is 1. The predicted molar refractivity (Wildman–Crippen MR) is 90.2 cm³/mol. The first-order valence-electron chi connectivity index (χ1n) is 8.33. The molecule has 0 bridgehead atoms. The van der Waals surface area contributed by atoms with Crippen molar-refractivity contribution >= 4 is 6.03 Å². The lowest BCUT2D eigenvalue weighted by Crippen LogP contribution is -2.53. The van der Waals surface area contributed by atoms with E-state index in [-0.39, 0.29) is 11.6 Å². The highest BCUT2D eigenvalue weighted by atomic mass is 16.5. The Morgan fingerprint density at radius 1 is 1.35 bits per heavy atom. The molecule has 1 fully saturated rings. The third kappa shape index (κ3) is 5.52. The summed E-state index contributed by atoms with van der Waals surface area (Å²) in [6.45, 7) is 9.80. The van der Waals surface area contributed by atoms with Crippen LogP contribution in [-0.2, 0) is 22.6 Å². The van der Waals surface area contributed by atoms with Crippen molar-refractivity contribution in [3.63, 3.8) is 0 Å². The topological polar surface area (TPSA) is 50.8 Å². The van der Waals surface area contributed by atoms with Gasteiger partial charge in [0.15, 0.2) is 0 Å². The molecule has 0 aromatic heterocycles. The van der Waals surface area contributed by atoms with Gasteiger partial charge in [-0.25, -0.2) is 4.79 Å². The maximum atomic E-state index is 12.4. The number of benzene rings is 1. The first-order valence-corrected chi connectivity index (χ1v) is 8.33. The molecule has 1 aromatic rings. The molecular weight excluding hydrogens is 292 g/mol. The van der Waals surface area contributed by atoms with Gasteiger partial charge in [-0.05, 0) is 31.4 Å². The third-order valence-electron chi connectivity index (χ3n) is 3.87. The number of urea groups is 1. The summed E-state index contributed by atoms with van der Waals surface area (Å²) in [5.74, 6) is 0. The highest BCUT2D eigenvalue weighted by Crippen LogP contribution is 2.16. The summed E-state index contributed by atoms with van der Waals surface area (Å²) in [5, 5.41) is 3.01. The summed E-state index contributed by atoms with van der Waals surface area (Å²) < 4.78 is 11.3. The monoisotopic (exact) mass is 320 g/mol. The van der Waals surface area contributed by atoms with E-state index in [0.29, 0.717) is 32.8 Å². The minimum Gasteiger partial charge on any atom is -0.377 e. The van der Waals surface area contributed by atoms with E-state index in [1.54, 1.807) is 0 Å². The fourth-order valence-corrected chi connectivity index (χ4v) is 2.67. The van der Waals surface area contributed by atoms with E-state index in [1.807, 2.05) is 36.9 Å². The molecular formula is C18H28N2O3. The third-order valence-corrected chi connectivity index (χ3v) is 3.87. The molecule has 5 nitrogen and oxygen atoms in total. The standard InChI is InChI=1S/C18H28N2O3/c1-4-10-22-13-16-8-6-5-7-15(16)12-19-17(21)20-9-11-23-18(2,3)14-20/h5-8H,4,9-14H2,1-3H3,(H,19,21). The van der Waals surface area contributed by atoms with Gasteiger partial charge >= 0.3 is 6.03 Å². The van der Waals surface area contributed by atoms with Crippen LogP contribution in [0, 0.1) is 0 Å². The van der Waals surface area contributed by atoms with Gasteiger partial charge < -0.3 is 19.7 Å². The van der Waals surface area contributed by atoms with Gasteiger partial charge in [0.05, 0.1) is 25.4 Å². The van der Waals surface area contributed by atoms with Gasteiger partial charge in [-0.3, -0.25) is 0 Å². The summed E-state index contributed by atoms with van der Waals surface area (Å²) in [4.78, 5) is 14.2. The van der Waals surface area contributed by atoms with Crippen LogP contribution >= 0.6 is 0 Å². The summed E-state index contributed by atoms with van der Waals surface area (Å²) >= 11 is 0. The van der Waals surface area contributed by atoms with Gasteiger partial charge in [-0.15, -0.1) is 0 Å². The predicted octanol–water partition coefficient (Wildman–Crippen LogP) is 2.93. The SMILES string of the molecule is CCCOCc1ccccc1CNC(=O)N1CCOC(C)(C)C1. The Bertz CT molecular complexity index is 517. The first kappa shape index (κ1) is 17.8. The van der Waals surface area contributed by atoms with Crippen LogP contribution in [0.15, 0.2) is 24.3 Å². The highest BCUT2D eigenvalue weighted by Gasteiger charge is 2.29. The Morgan fingerprint density at radius 3 is 2.78 bits per heavy atom. The lowest BCUT2D eigenvalue weighted by atomic mass is 10.1. The molecule has 1 saturated heterocycles. The average molecular weight is 320 g/mol. The molecule has 2 amide bonds. The first-order chi connectivity index (χ1) is 11.0. The van der Waals surface area contributed by atoms with E-state index < -0.39 is 0 Å². The van der Waals surface area contributed by atoms with E-state index in [2.05, 4.69) is 18.3 Å². The zero-order valence-electron chi connectivity index (χ0n) is 14.4. The number of carbonyl (C=O) groups is 1. The molecule has 1 heterocycles. The molecule has 0 unspecified atom stereocenters. The lowest BCUT2D eigenvalue weighted by Gasteiger charge is -2.38. The van der Waals surface area contributed by atoms with E-state index >= 15 is 0 Å². The number of hydrogen-bond acceptors (Lipinski definition) is 3. The number of amides is 2. The zero-order valence-corrected chi connectivity index (χ0v) is 14.4. The highest BCUT2D eigenvalue weighted by molar-refractivity contribution is 5.74. The molecule has 0 spiro atoms. The summed E-state index contributed by atoms with van der Waals surface area (Å²) in [6.07, 6.45) is 1.01. The molecule has 0 atom stereocenters. The van der Waals surface area contributed by atoms with Crippen LogP contribution in [-0.4, -0.2) is 42.8 Å². The van der Waals surface area contributed by atoms with Crippen molar-refractivity contribution in [2.75, 3.05) is 26.3 Å². The fourth-order valence-electron chi connectivity index (χ4n) is 2.67. The molecule has 2 rings (SSSR count). The molecule has 1 aliphatic rings. The van der Waals surface area contributed by atoms with Gasteiger partial charge in [0.1, 0.15) is 0 Å². The second-order valence-electron chi connectivity index (χ2n) is 6.51. The van der Waals surface area contributed by atoms with Gasteiger partial charge in [-0.1, -0.05) is 31.2 Å². The summed E-state index contributed by atoms with van der Waals surface area (Å²) in [5.41, 5.74) is 1.95. The maximum Gasteiger partial charge on any atom is 0.317 e. The van der Waals surface area contributed by atoms with Crippen LogP contribution in [0.5, 0.6) is 0 Å². The quantitative estimate of drug-likeness (QED) is 0.820. The Labute approximate surface area is 139 Å². The van der Waals surface area contributed by atoms with Crippen LogP contribution in [0.4, 0.5) is 4.79 Å². The summed E-state index contributed by atoms with van der Waals surface area (Å²) in [6, 6.07) is 8.04. The molecule has 23 heavy (non-hydrogen) atoms. The Hall–Kier alpha value is -1.59. The van der Waals surface area contributed by atoms with Gasteiger partial charge in [-0.2, -0.15) is 0 Å². The van der Waals surface area contributed by atoms with Gasteiger partial charge in [0.25, 0.3) is 0 Å². The smallest absolute Gasteiger partial charge is 0.317 e. The molecule has 1 N–H and O–H groups in total. The van der Waals surface area contributed by atoms with Crippen molar-refractivity contribution in [3.05, 3.63) is 35.4 Å². The number of ether oxygens (including phenoxy) is 2. The Balaban J connectivity index is 1.89. The van der Waals surface area contributed by atoms with Crippen LogP contribution in [0.25, 0.3) is 0 Å². The number of nitrogens with zero attached hydrogens (tertiary/aromatic N) is 1. The van der Waals surface area contributed by atoms with Crippen molar-refractivity contribution in [1.29, 1.82) is 0 Å². The minimum absolute atomic E-state index is 0.0364. The number of rotatable bonds is 6. The van der Waals surface area contributed by atoms with E-state index in [0.717, 1.165) is 24.2 Å². The molecule has 1 aromatic carbocycles. The lowest BCUT2D eigenvalue weighted by molar-refractivity contribution is -0.0733. The van der Waals surface area contributed by atoms with Crippen molar-refractivity contribution in [3.8, 4) is 0 Å². The Morgan fingerprint density at radius 2 is 2.09 bits per heavy atom. The Kier molecular flexibility index (Phi) is 6.42. The van der Waals surface area contributed by atoms with Crippen LogP contribution in [0.3, 0.4) is 0 Å². The van der Waals surface area contributed by atoms with Crippen LogP contribution in [0.1, 0.15) is 38.3 Å². The molecule has 0 radical (unpaired) electrons. The molecule has 128 valence electrons. The van der Waals surface area contributed by atoms with Gasteiger partial charge in [0, 0.05) is 19.7 Å². The number of nitrogens with one attached hydrogen (secondary N) is 1.